The quantitative estimate of drug-likeness (QED) is 0.763. The monoisotopic (exact) mass is 355 g/mol. The molecule has 106 valence electrons. The summed E-state index contributed by atoms with van der Waals surface area (Å²) in [5.41, 5.74) is 1.58. The fraction of sp³-hybridized carbons (Fsp3) is 0.250. The summed E-state index contributed by atoms with van der Waals surface area (Å²) in [5, 5.41) is 4.01. The van der Waals surface area contributed by atoms with Gasteiger partial charge in [-0.15, -0.1) is 0 Å². The predicted octanol–water partition coefficient (Wildman–Crippen LogP) is 5.33. The molecule has 0 saturated carbocycles. The average Bonchev–Trinajstić information content (AvgIpc) is 2.40. The summed E-state index contributed by atoms with van der Waals surface area (Å²) in [7, 11) is 0. The molecule has 1 N–H and O–H groups in total. The van der Waals surface area contributed by atoms with Crippen LogP contribution in [0, 0.1) is 5.82 Å². The first kappa shape index (κ1) is 15.5. The van der Waals surface area contributed by atoms with Gasteiger partial charge in [0.05, 0.1) is 6.04 Å². The smallest absolute Gasteiger partial charge is 0.128 e. The van der Waals surface area contributed by atoms with E-state index >= 15 is 0 Å². The van der Waals surface area contributed by atoms with Crippen LogP contribution in [-0.4, -0.2) is 6.54 Å². The lowest BCUT2D eigenvalue weighted by Gasteiger charge is -2.20. The highest BCUT2D eigenvalue weighted by Gasteiger charge is 2.17. The van der Waals surface area contributed by atoms with Crippen molar-refractivity contribution in [1.82, 2.24) is 5.32 Å². The first-order valence-corrected chi connectivity index (χ1v) is 7.72. The minimum atomic E-state index is -0.211. The largest absolute Gasteiger partial charge is 0.306 e. The van der Waals surface area contributed by atoms with Gasteiger partial charge in [-0.05, 0) is 42.8 Å². The molecule has 0 radical (unpaired) electrons. The summed E-state index contributed by atoms with van der Waals surface area (Å²) in [5.74, 6) is -0.211. The zero-order valence-corrected chi connectivity index (χ0v) is 13.5. The average molecular weight is 357 g/mol. The Kier molecular flexibility index (Phi) is 5.58. The first-order chi connectivity index (χ1) is 9.61. The molecular weight excluding hydrogens is 341 g/mol. The molecule has 4 heteroatoms. The van der Waals surface area contributed by atoms with Gasteiger partial charge in [0, 0.05) is 15.1 Å². The van der Waals surface area contributed by atoms with Crippen LogP contribution in [0.3, 0.4) is 0 Å². The van der Waals surface area contributed by atoms with Gasteiger partial charge < -0.3 is 5.32 Å². The van der Waals surface area contributed by atoms with E-state index in [4.69, 9.17) is 11.6 Å². The highest BCUT2D eigenvalue weighted by atomic mass is 79.9. The number of benzene rings is 2. The molecule has 0 heterocycles. The van der Waals surface area contributed by atoms with Crippen molar-refractivity contribution in [2.45, 2.75) is 19.4 Å². The Bertz CT molecular complexity index is 568. The van der Waals surface area contributed by atoms with Gasteiger partial charge in [0.25, 0.3) is 0 Å². The maximum atomic E-state index is 14.1. The van der Waals surface area contributed by atoms with Crippen molar-refractivity contribution >= 4 is 27.5 Å². The minimum absolute atomic E-state index is 0.203. The second-order valence-electron chi connectivity index (χ2n) is 4.61. The molecule has 0 spiro atoms. The van der Waals surface area contributed by atoms with Crippen LogP contribution in [0.5, 0.6) is 0 Å². The van der Waals surface area contributed by atoms with Crippen molar-refractivity contribution in [3.05, 3.63) is 68.9 Å². The Balaban J connectivity index is 2.44. The molecule has 1 unspecified atom stereocenters. The van der Waals surface area contributed by atoms with Gasteiger partial charge in [-0.1, -0.05) is 52.7 Å². The third kappa shape index (κ3) is 3.81. The zero-order chi connectivity index (χ0) is 14.5. The lowest BCUT2D eigenvalue weighted by Crippen LogP contribution is -2.24. The highest BCUT2D eigenvalue weighted by molar-refractivity contribution is 9.10. The number of rotatable bonds is 5. The van der Waals surface area contributed by atoms with Crippen molar-refractivity contribution < 1.29 is 4.39 Å². The molecular formula is C16H16BrClFN. The van der Waals surface area contributed by atoms with Gasteiger partial charge in [0.15, 0.2) is 0 Å². The molecule has 1 atom stereocenters. The molecule has 0 saturated heterocycles. The van der Waals surface area contributed by atoms with E-state index in [9.17, 15) is 4.39 Å². The van der Waals surface area contributed by atoms with Crippen LogP contribution in [0.15, 0.2) is 46.9 Å². The van der Waals surface area contributed by atoms with Crippen molar-refractivity contribution in [1.29, 1.82) is 0 Å². The van der Waals surface area contributed by atoms with Crippen LogP contribution in [-0.2, 0) is 0 Å². The van der Waals surface area contributed by atoms with Crippen molar-refractivity contribution in [2.24, 2.45) is 0 Å². The van der Waals surface area contributed by atoms with Crippen molar-refractivity contribution in [3.8, 4) is 0 Å². The van der Waals surface area contributed by atoms with Gasteiger partial charge in [0.2, 0.25) is 0 Å². The Labute approximate surface area is 132 Å². The molecule has 0 fully saturated rings. The fourth-order valence-electron chi connectivity index (χ4n) is 2.15. The normalized spacial score (nSPS) is 12.4. The van der Waals surface area contributed by atoms with Crippen molar-refractivity contribution in [3.63, 3.8) is 0 Å². The van der Waals surface area contributed by atoms with E-state index in [2.05, 4.69) is 28.2 Å². The molecule has 0 aliphatic heterocycles. The zero-order valence-electron chi connectivity index (χ0n) is 11.2. The Morgan fingerprint density at radius 2 is 2.00 bits per heavy atom. The summed E-state index contributed by atoms with van der Waals surface area (Å²) < 4.78 is 15.0. The maximum absolute atomic E-state index is 14.1. The van der Waals surface area contributed by atoms with Crippen LogP contribution in [0.4, 0.5) is 4.39 Å². The van der Waals surface area contributed by atoms with E-state index in [0.717, 1.165) is 23.0 Å². The van der Waals surface area contributed by atoms with Crippen LogP contribution < -0.4 is 5.32 Å². The number of hydrogen-bond donors (Lipinski definition) is 1. The SMILES string of the molecule is CCCNC(c1cc(Cl)cc(Br)c1)c1ccccc1F. The molecule has 0 aliphatic carbocycles. The van der Waals surface area contributed by atoms with Crippen LogP contribution in [0.25, 0.3) is 0 Å². The van der Waals surface area contributed by atoms with Gasteiger partial charge in [-0.3, -0.25) is 0 Å². The van der Waals surface area contributed by atoms with E-state index < -0.39 is 0 Å². The minimum Gasteiger partial charge on any atom is -0.306 e. The van der Waals surface area contributed by atoms with E-state index in [1.165, 1.54) is 6.07 Å². The molecule has 0 bridgehead atoms. The summed E-state index contributed by atoms with van der Waals surface area (Å²) in [6.07, 6.45) is 0.979. The van der Waals surface area contributed by atoms with E-state index in [1.807, 2.05) is 24.3 Å². The van der Waals surface area contributed by atoms with Gasteiger partial charge >= 0.3 is 0 Å². The fourth-order valence-corrected chi connectivity index (χ4v) is 3.03. The summed E-state index contributed by atoms with van der Waals surface area (Å²) in [6, 6.07) is 12.3. The lowest BCUT2D eigenvalue weighted by atomic mass is 9.98. The molecule has 2 rings (SSSR count). The van der Waals surface area contributed by atoms with E-state index in [0.29, 0.717) is 10.6 Å². The van der Waals surface area contributed by atoms with E-state index in [-0.39, 0.29) is 11.9 Å². The first-order valence-electron chi connectivity index (χ1n) is 6.55. The number of hydrogen-bond acceptors (Lipinski definition) is 1. The third-order valence-corrected chi connectivity index (χ3v) is 3.71. The lowest BCUT2D eigenvalue weighted by molar-refractivity contribution is 0.546. The molecule has 1 nitrogen and oxygen atoms in total. The maximum Gasteiger partial charge on any atom is 0.128 e. The standard InChI is InChI=1S/C16H16BrClFN/c1-2-7-20-16(14-5-3-4-6-15(14)19)11-8-12(17)10-13(18)9-11/h3-6,8-10,16,20H,2,7H2,1H3. The summed E-state index contributed by atoms with van der Waals surface area (Å²) >= 11 is 9.54. The molecule has 0 aliphatic rings. The number of nitrogens with one attached hydrogen (secondary N) is 1. The Hall–Kier alpha value is -0.900. The van der Waals surface area contributed by atoms with Crippen LogP contribution in [0.2, 0.25) is 5.02 Å². The van der Waals surface area contributed by atoms with Crippen LogP contribution in [0.1, 0.15) is 30.5 Å². The topological polar surface area (TPSA) is 12.0 Å². The van der Waals surface area contributed by atoms with Gasteiger partial charge in [-0.2, -0.15) is 0 Å². The second-order valence-corrected chi connectivity index (χ2v) is 5.96. The Morgan fingerprint density at radius 1 is 1.25 bits per heavy atom. The predicted molar refractivity (Wildman–Crippen MR) is 85.7 cm³/mol. The van der Waals surface area contributed by atoms with E-state index in [1.54, 1.807) is 12.1 Å². The van der Waals surface area contributed by atoms with Crippen molar-refractivity contribution in [2.75, 3.05) is 6.54 Å². The molecule has 2 aromatic rings. The Morgan fingerprint density at radius 3 is 2.65 bits per heavy atom. The third-order valence-electron chi connectivity index (χ3n) is 3.03. The summed E-state index contributed by atoms with van der Waals surface area (Å²) in [4.78, 5) is 0. The van der Waals surface area contributed by atoms with Gasteiger partial charge in [-0.25, -0.2) is 4.39 Å². The number of halogens is 3. The molecule has 20 heavy (non-hydrogen) atoms. The molecule has 0 aromatic heterocycles. The molecule has 0 amide bonds. The molecule has 2 aromatic carbocycles. The second kappa shape index (κ2) is 7.21. The summed E-state index contributed by atoms with van der Waals surface area (Å²) in [6.45, 7) is 2.89. The van der Waals surface area contributed by atoms with Gasteiger partial charge in [0.1, 0.15) is 5.82 Å². The highest BCUT2D eigenvalue weighted by Crippen LogP contribution is 2.29. The van der Waals surface area contributed by atoms with Crippen LogP contribution >= 0.6 is 27.5 Å².